The number of nitrogens with one attached hydrogen (secondary N) is 4. The number of unbranched alkanes of at least 4 members (excludes halogenated alkanes) is 3. The first-order valence-corrected chi connectivity index (χ1v) is 20.2. The molecule has 59 heavy (non-hydrogen) atoms. The Morgan fingerprint density at radius 1 is 0.915 bits per heavy atom. The van der Waals surface area contributed by atoms with E-state index in [1.165, 1.54) is 38.3 Å². The molecule has 0 spiro atoms. The van der Waals surface area contributed by atoms with E-state index in [1.807, 2.05) is 0 Å². The number of hydrogen-bond acceptors (Lipinski definition) is 12. The van der Waals surface area contributed by atoms with Gasteiger partial charge in [-0.05, 0) is 99.4 Å². The number of carbonyl (C=O) groups excluding carboxylic acids is 5. The van der Waals surface area contributed by atoms with Crippen LogP contribution in [0, 0.1) is 11.3 Å². The Morgan fingerprint density at radius 3 is 2.34 bits per heavy atom. The van der Waals surface area contributed by atoms with Crippen molar-refractivity contribution < 1.29 is 47.7 Å². The van der Waals surface area contributed by atoms with Gasteiger partial charge in [0.1, 0.15) is 23.4 Å². The van der Waals surface area contributed by atoms with Crippen molar-refractivity contribution in [2.45, 2.75) is 96.9 Å². The van der Waals surface area contributed by atoms with Gasteiger partial charge in [0.15, 0.2) is 5.69 Å². The summed E-state index contributed by atoms with van der Waals surface area (Å²) in [6.45, 7) is 8.02. The van der Waals surface area contributed by atoms with Crippen molar-refractivity contribution in [3.63, 3.8) is 0 Å². The molecule has 2 aromatic carbocycles. The highest BCUT2D eigenvalue weighted by atomic mass is 16.8. The molecular weight excluding hydrogens is 759 g/mol. The zero-order valence-corrected chi connectivity index (χ0v) is 33.9. The predicted molar refractivity (Wildman–Crippen MR) is 221 cm³/mol. The summed E-state index contributed by atoms with van der Waals surface area (Å²) < 4.78 is 27.0. The lowest BCUT2D eigenvalue weighted by molar-refractivity contribution is -0.0917. The SMILES string of the molecule is C=Cc1cc(C(=O)Nc2ccc(C(=N)NC(=O)OCCCCCC)cc2)c(-c2ccc(C(=O)NCC3CC3)nc2C(=O)OC(C)OC(=O)OC2CCCCC2)cc1OC. The molecule has 3 aromatic rings. The minimum atomic E-state index is -1.39. The number of amidine groups is 1. The summed E-state index contributed by atoms with van der Waals surface area (Å²) in [7, 11) is 1.44. The largest absolute Gasteiger partial charge is 0.511 e. The number of alkyl carbamates (subject to hydrolysis) is 1. The third-order valence-corrected chi connectivity index (χ3v) is 9.93. The Hall–Kier alpha value is -6.25. The number of hydrogen-bond donors (Lipinski definition) is 4. The molecule has 0 radical (unpaired) electrons. The zero-order chi connectivity index (χ0) is 42.3. The summed E-state index contributed by atoms with van der Waals surface area (Å²) >= 11 is 0. The molecule has 2 aliphatic rings. The number of benzene rings is 2. The Balaban J connectivity index is 1.39. The van der Waals surface area contributed by atoms with E-state index >= 15 is 0 Å². The summed E-state index contributed by atoms with van der Waals surface area (Å²) in [5.74, 6) is -1.58. The molecule has 5 rings (SSSR count). The maximum atomic E-state index is 14.1. The Labute approximate surface area is 344 Å². The highest BCUT2D eigenvalue weighted by Crippen LogP contribution is 2.35. The number of aromatic nitrogens is 1. The van der Waals surface area contributed by atoms with E-state index in [4.69, 9.17) is 29.1 Å². The summed E-state index contributed by atoms with van der Waals surface area (Å²) in [6, 6.07) is 12.3. The summed E-state index contributed by atoms with van der Waals surface area (Å²) in [5.41, 5.74) is 1.24. The number of anilines is 1. The third-order valence-electron chi connectivity index (χ3n) is 9.93. The van der Waals surface area contributed by atoms with Crippen LogP contribution in [-0.2, 0) is 18.9 Å². The van der Waals surface area contributed by atoms with Crippen LogP contribution in [0.5, 0.6) is 5.75 Å². The first kappa shape index (κ1) is 43.9. The third kappa shape index (κ3) is 12.9. The van der Waals surface area contributed by atoms with Crippen molar-refractivity contribution in [2.75, 3.05) is 25.6 Å². The van der Waals surface area contributed by atoms with Gasteiger partial charge in [-0.1, -0.05) is 45.3 Å². The Bertz CT molecular complexity index is 2010. The fourth-order valence-electron chi connectivity index (χ4n) is 6.49. The van der Waals surface area contributed by atoms with Gasteiger partial charge in [-0.2, -0.15) is 0 Å². The average molecular weight is 812 g/mol. The lowest BCUT2D eigenvalue weighted by Crippen LogP contribution is -2.31. The minimum Gasteiger partial charge on any atom is -0.496 e. The molecule has 0 aliphatic heterocycles. The zero-order valence-electron chi connectivity index (χ0n) is 33.9. The van der Waals surface area contributed by atoms with Gasteiger partial charge in [0, 0.05) is 47.0 Å². The van der Waals surface area contributed by atoms with E-state index in [0.717, 1.165) is 70.6 Å². The molecule has 2 aliphatic carbocycles. The Kier molecular flexibility index (Phi) is 16.0. The van der Waals surface area contributed by atoms with Crippen LogP contribution in [0.1, 0.15) is 127 Å². The van der Waals surface area contributed by atoms with E-state index in [1.54, 1.807) is 30.3 Å². The fraction of sp³-hybridized carbons (Fsp3) is 0.432. The summed E-state index contributed by atoms with van der Waals surface area (Å²) in [4.78, 5) is 70.4. The van der Waals surface area contributed by atoms with Crippen molar-refractivity contribution in [2.24, 2.45) is 5.92 Å². The van der Waals surface area contributed by atoms with Gasteiger partial charge < -0.3 is 34.3 Å². The monoisotopic (exact) mass is 811 g/mol. The topological polar surface area (TPSA) is 204 Å². The van der Waals surface area contributed by atoms with Crippen molar-refractivity contribution in [3.8, 4) is 16.9 Å². The number of amides is 3. The molecule has 15 heteroatoms. The van der Waals surface area contributed by atoms with Crippen LogP contribution in [0.25, 0.3) is 17.2 Å². The quantitative estimate of drug-likeness (QED) is 0.0240. The number of ether oxygens (including phenoxy) is 5. The molecule has 0 bridgehead atoms. The standard InChI is InChI=1S/C44H53N5O10/c1-5-7-8-12-23-56-43(53)49-39(45)30-17-19-31(20-18-30)47-40(50)35-24-29(6-2)37(55-4)25-34(35)33-21-22-36(41(51)46-26-28-15-16-28)48-38(33)42(52)57-27(3)58-44(54)59-32-13-10-9-11-14-32/h6,17-22,24-25,27-28,32H,2,5,7-16,23,26H2,1,3-4H3,(H,46,51)(H,47,50)(H2,45,49,53). The van der Waals surface area contributed by atoms with E-state index in [0.29, 0.717) is 35.0 Å². The van der Waals surface area contributed by atoms with E-state index < -0.39 is 36.3 Å². The number of carbonyl (C=O) groups is 5. The van der Waals surface area contributed by atoms with Crippen LogP contribution >= 0.6 is 0 Å². The second kappa shape index (κ2) is 21.5. The molecule has 1 aromatic heterocycles. The maximum absolute atomic E-state index is 14.1. The molecule has 4 N–H and O–H groups in total. The lowest BCUT2D eigenvalue weighted by Gasteiger charge is -2.22. The van der Waals surface area contributed by atoms with E-state index in [-0.39, 0.29) is 46.6 Å². The van der Waals surface area contributed by atoms with Crippen LogP contribution in [0.2, 0.25) is 0 Å². The molecular formula is C44H53N5O10. The highest BCUT2D eigenvalue weighted by molar-refractivity contribution is 6.11. The highest BCUT2D eigenvalue weighted by Gasteiger charge is 2.28. The molecule has 314 valence electrons. The predicted octanol–water partition coefficient (Wildman–Crippen LogP) is 8.41. The molecule has 1 atom stereocenters. The van der Waals surface area contributed by atoms with Crippen LogP contribution in [-0.4, -0.2) is 73.5 Å². The first-order valence-electron chi connectivity index (χ1n) is 20.2. The number of esters is 1. The van der Waals surface area contributed by atoms with Crippen molar-refractivity contribution in [1.29, 1.82) is 5.41 Å². The number of methoxy groups -OCH3 is 1. The van der Waals surface area contributed by atoms with Gasteiger partial charge in [-0.3, -0.25) is 20.3 Å². The van der Waals surface area contributed by atoms with Gasteiger partial charge in [-0.25, -0.2) is 19.4 Å². The number of pyridine rings is 1. The van der Waals surface area contributed by atoms with Crippen LogP contribution in [0.15, 0.2) is 55.1 Å². The van der Waals surface area contributed by atoms with Gasteiger partial charge in [0.2, 0.25) is 6.29 Å². The second-order valence-electron chi connectivity index (χ2n) is 14.5. The first-order chi connectivity index (χ1) is 28.5. The van der Waals surface area contributed by atoms with E-state index in [2.05, 4.69) is 34.4 Å². The molecule has 1 unspecified atom stereocenters. The molecule has 0 saturated heterocycles. The minimum absolute atomic E-state index is 0.0623. The van der Waals surface area contributed by atoms with Crippen molar-refractivity contribution in [3.05, 3.63) is 83.2 Å². The maximum Gasteiger partial charge on any atom is 0.511 e. The van der Waals surface area contributed by atoms with Gasteiger partial charge in [0.25, 0.3) is 11.8 Å². The molecule has 3 amide bonds. The molecule has 1 heterocycles. The second-order valence-corrected chi connectivity index (χ2v) is 14.5. The number of rotatable bonds is 18. The molecule has 2 fully saturated rings. The van der Waals surface area contributed by atoms with Gasteiger partial charge >= 0.3 is 18.2 Å². The lowest BCUT2D eigenvalue weighted by atomic mass is 9.94. The van der Waals surface area contributed by atoms with Crippen LogP contribution < -0.4 is 20.7 Å². The van der Waals surface area contributed by atoms with Gasteiger partial charge in [0.05, 0.1) is 13.7 Å². The van der Waals surface area contributed by atoms with Crippen LogP contribution in [0.4, 0.5) is 15.3 Å². The fourth-order valence-corrected chi connectivity index (χ4v) is 6.49. The van der Waals surface area contributed by atoms with Crippen molar-refractivity contribution >= 4 is 47.6 Å². The normalized spacial score (nSPS) is 14.2. The van der Waals surface area contributed by atoms with Crippen LogP contribution in [0.3, 0.4) is 0 Å². The Morgan fingerprint density at radius 2 is 1.66 bits per heavy atom. The molecule has 2 saturated carbocycles. The summed E-state index contributed by atoms with van der Waals surface area (Å²) in [6.07, 6.45) is 8.37. The molecule has 15 nitrogen and oxygen atoms in total. The van der Waals surface area contributed by atoms with E-state index in [9.17, 15) is 24.0 Å². The van der Waals surface area contributed by atoms with Crippen molar-refractivity contribution in [1.82, 2.24) is 15.6 Å². The smallest absolute Gasteiger partial charge is 0.496 e. The average Bonchev–Trinajstić information content (AvgIpc) is 4.07. The number of nitrogens with zero attached hydrogens (tertiary/aromatic N) is 1. The summed E-state index contributed by atoms with van der Waals surface area (Å²) in [5, 5.41) is 16.4. The van der Waals surface area contributed by atoms with Gasteiger partial charge in [-0.15, -0.1) is 0 Å².